The molecule has 3 heterocycles. The van der Waals surface area contributed by atoms with E-state index in [4.69, 9.17) is 5.73 Å². The fraction of sp³-hybridized carbons (Fsp3) is 0. The second-order valence-electron chi connectivity index (χ2n) is 4.54. The molecule has 8 heteroatoms. The molecule has 4 aromatic rings. The van der Waals surface area contributed by atoms with Gasteiger partial charge in [-0.2, -0.15) is 9.67 Å². The van der Waals surface area contributed by atoms with E-state index in [1.807, 2.05) is 36.4 Å². The van der Waals surface area contributed by atoms with E-state index in [2.05, 4.69) is 25.4 Å². The van der Waals surface area contributed by atoms with Crippen LogP contribution in [-0.4, -0.2) is 24.7 Å². The van der Waals surface area contributed by atoms with Crippen molar-refractivity contribution in [2.75, 3.05) is 11.1 Å². The number of pyridine rings is 1. The van der Waals surface area contributed by atoms with Crippen LogP contribution in [0.5, 0.6) is 0 Å². The summed E-state index contributed by atoms with van der Waals surface area (Å²) in [5.41, 5.74) is 7.66. The maximum absolute atomic E-state index is 5.95. The highest BCUT2D eigenvalue weighted by molar-refractivity contribution is 7.20. The van der Waals surface area contributed by atoms with Gasteiger partial charge in [0.1, 0.15) is 0 Å². The summed E-state index contributed by atoms with van der Waals surface area (Å²) in [7, 11) is 0. The molecule has 108 valence electrons. The summed E-state index contributed by atoms with van der Waals surface area (Å²) in [4.78, 5) is 12.8. The van der Waals surface area contributed by atoms with Gasteiger partial charge in [-0.15, -0.1) is 5.10 Å². The zero-order chi connectivity index (χ0) is 14.9. The molecule has 0 radical (unpaired) electrons. The third kappa shape index (κ3) is 2.25. The molecular formula is C14H11N7S. The molecule has 0 atom stereocenters. The Morgan fingerprint density at radius 1 is 1.09 bits per heavy atom. The van der Waals surface area contributed by atoms with Gasteiger partial charge in [0.25, 0.3) is 0 Å². The first-order chi connectivity index (χ1) is 10.8. The molecule has 0 unspecified atom stereocenters. The Bertz CT molecular complexity index is 896. The van der Waals surface area contributed by atoms with E-state index in [0.29, 0.717) is 11.1 Å². The number of hydrogen-bond acceptors (Lipinski definition) is 7. The molecule has 0 saturated carbocycles. The van der Waals surface area contributed by atoms with Gasteiger partial charge >= 0.3 is 0 Å². The summed E-state index contributed by atoms with van der Waals surface area (Å²) in [6.45, 7) is 0. The highest BCUT2D eigenvalue weighted by atomic mass is 32.1. The number of nitrogens with zero attached hydrogens (tertiary/aromatic N) is 5. The second kappa shape index (κ2) is 5.08. The average molecular weight is 309 g/mol. The van der Waals surface area contributed by atoms with E-state index in [1.54, 1.807) is 12.4 Å². The van der Waals surface area contributed by atoms with Gasteiger partial charge < -0.3 is 11.1 Å². The molecule has 0 aliphatic rings. The molecule has 0 bridgehead atoms. The minimum Gasteiger partial charge on any atom is -0.368 e. The van der Waals surface area contributed by atoms with Crippen molar-refractivity contribution in [2.24, 2.45) is 0 Å². The minimum absolute atomic E-state index is 0.283. The molecule has 7 nitrogen and oxygen atoms in total. The maximum atomic E-state index is 5.95. The lowest BCUT2D eigenvalue weighted by Crippen LogP contribution is -2.01. The molecular weight excluding hydrogens is 298 g/mol. The van der Waals surface area contributed by atoms with Gasteiger partial charge in [-0.25, -0.2) is 4.98 Å². The van der Waals surface area contributed by atoms with Crippen LogP contribution in [0.2, 0.25) is 0 Å². The Hall–Kier alpha value is -3.00. The van der Waals surface area contributed by atoms with Crippen LogP contribution in [-0.2, 0) is 0 Å². The average Bonchev–Trinajstić information content (AvgIpc) is 3.11. The number of rotatable bonds is 3. The first-order valence-corrected chi connectivity index (χ1v) is 7.37. The predicted octanol–water partition coefficient (Wildman–Crippen LogP) is 2.60. The van der Waals surface area contributed by atoms with E-state index in [-0.39, 0.29) is 5.95 Å². The lowest BCUT2D eigenvalue weighted by Gasteiger charge is -1.98. The van der Waals surface area contributed by atoms with Gasteiger partial charge in [-0.1, -0.05) is 23.5 Å². The van der Waals surface area contributed by atoms with Crippen molar-refractivity contribution >= 4 is 39.1 Å². The number of nitrogen functional groups attached to an aromatic ring is 1. The summed E-state index contributed by atoms with van der Waals surface area (Å²) >= 11 is 1.51. The molecule has 0 fully saturated rings. The van der Waals surface area contributed by atoms with Crippen LogP contribution in [0.25, 0.3) is 15.3 Å². The number of nitrogens with two attached hydrogens (primary N) is 1. The number of anilines is 3. The fourth-order valence-corrected chi connectivity index (χ4v) is 2.96. The van der Waals surface area contributed by atoms with Crippen molar-refractivity contribution in [1.29, 1.82) is 0 Å². The highest BCUT2D eigenvalue weighted by Gasteiger charge is 2.13. The molecule has 22 heavy (non-hydrogen) atoms. The first-order valence-electron chi connectivity index (χ1n) is 6.55. The topological polar surface area (TPSA) is 94.5 Å². The normalized spacial score (nSPS) is 10.9. The van der Waals surface area contributed by atoms with E-state index >= 15 is 0 Å². The molecule has 1 aromatic carbocycles. The number of nitrogens with one attached hydrogen (secondary N) is 1. The number of hydrogen-bond donors (Lipinski definition) is 2. The Kier molecular flexibility index (Phi) is 2.94. The molecule has 0 amide bonds. The zero-order valence-corrected chi connectivity index (χ0v) is 12.2. The quantitative estimate of drug-likeness (QED) is 0.604. The number of thiazole rings is 1. The Labute approximate surface area is 129 Å². The van der Waals surface area contributed by atoms with Crippen molar-refractivity contribution < 1.29 is 0 Å². The van der Waals surface area contributed by atoms with Gasteiger partial charge in [0.05, 0.1) is 22.1 Å². The standard InChI is InChI=1S/C14H11N7S/c15-12-19-13(17-9-4-3-7-16-8-9)20-21(12)14-18-10-5-1-2-6-11(10)22-14/h1-8H,(H3,15,17,19,20). The number of para-hydroxylation sites is 1. The summed E-state index contributed by atoms with van der Waals surface area (Å²) in [6, 6.07) is 11.6. The van der Waals surface area contributed by atoms with Crippen molar-refractivity contribution in [1.82, 2.24) is 24.7 Å². The van der Waals surface area contributed by atoms with Crippen LogP contribution >= 0.6 is 11.3 Å². The molecule has 0 aliphatic carbocycles. The van der Waals surface area contributed by atoms with Crippen molar-refractivity contribution in [3.8, 4) is 5.13 Å². The third-order valence-corrected chi connectivity index (χ3v) is 4.03. The predicted molar refractivity (Wildman–Crippen MR) is 86.5 cm³/mol. The lowest BCUT2D eigenvalue weighted by molar-refractivity contribution is 0.886. The smallest absolute Gasteiger partial charge is 0.248 e. The molecule has 3 aromatic heterocycles. The number of fused-ring (bicyclic) bond motifs is 1. The zero-order valence-electron chi connectivity index (χ0n) is 11.3. The molecule has 4 rings (SSSR count). The van der Waals surface area contributed by atoms with Crippen LogP contribution in [0.15, 0.2) is 48.8 Å². The molecule has 0 saturated heterocycles. The third-order valence-electron chi connectivity index (χ3n) is 3.01. The maximum Gasteiger partial charge on any atom is 0.248 e. The molecule has 3 N–H and O–H groups in total. The molecule has 0 aliphatic heterocycles. The van der Waals surface area contributed by atoms with Crippen molar-refractivity contribution in [3.63, 3.8) is 0 Å². The van der Waals surface area contributed by atoms with Crippen LogP contribution < -0.4 is 11.1 Å². The number of benzene rings is 1. The fourth-order valence-electron chi connectivity index (χ4n) is 2.03. The van der Waals surface area contributed by atoms with Gasteiger partial charge in [0.15, 0.2) is 0 Å². The van der Waals surface area contributed by atoms with E-state index in [9.17, 15) is 0 Å². The van der Waals surface area contributed by atoms with Gasteiger partial charge in [-0.05, 0) is 24.3 Å². The Balaban J connectivity index is 1.70. The van der Waals surface area contributed by atoms with Gasteiger partial charge in [-0.3, -0.25) is 4.98 Å². The van der Waals surface area contributed by atoms with Gasteiger partial charge in [0.2, 0.25) is 17.0 Å². The minimum atomic E-state index is 0.283. The lowest BCUT2D eigenvalue weighted by atomic mass is 10.3. The van der Waals surface area contributed by atoms with E-state index < -0.39 is 0 Å². The van der Waals surface area contributed by atoms with E-state index in [1.165, 1.54) is 16.0 Å². The molecule has 0 spiro atoms. The van der Waals surface area contributed by atoms with Gasteiger partial charge in [0, 0.05) is 6.20 Å². The van der Waals surface area contributed by atoms with Crippen LogP contribution in [0.1, 0.15) is 0 Å². The Morgan fingerprint density at radius 3 is 2.82 bits per heavy atom. The second-order valence-corrected chi connectivity index (χ2v) is 5.55. The van der Waals surface area contributed by atoms with E-state index in [0.717, 1.165) is 15.9 Å². The summed E-state index contributed by atoms with van der Waals surface area (Å²) in [6.07, 6.45) is 3.39. The first kappa shape index (κ1) is 12.7. The Morgan fingerprint density at radius 2 is 2.00 bits per heavy atom. The monoisotopic (exact) mass is 309 g/mol. The van der Waals surface area contributed by atoms with Crippen molar-refractivity contribution in [3.05, 3.63) is 48.8 Å². The van der Waals surface area contributed by atoms with Crippen molar-refractivity contribution in [2.45, 2.75) is 0 Å². The summed E-state index contributed by atoms with van der Waals surface area (Å²) < 4.78 is 2.61. The van der Waals surface area contributed by atoms with Crippen LogP contribution in [0, 0.1) is 0 Å². The van der Waals surface area contributed by atoms with Crippen LogP contribution in [0.3, 0.4) is 0 Å². The highest BCUT2D eigenvalue weighted by Crippen LogP contribution is 2.26. The summed E-state index contributed by atoms with van der Waals surface area (Å²) in [5.74, 6) is 0.690. The SMILES string of the molecule is Nc1nc(Nc2cccnc2)nn1-c1nc2ccccc2s1. The summed E-state index contributed by atoms with van der Waals surface area (Å²) in [5, 5.41) is 8.11. The van der Waals surface area contributed by atoms with Crippen LogP contribution in [0.4, 0.5) is 17.6 Å². The largest absolute Gasteiger partial charge is 0.368 e. The number of aromatic nitrogens is 5.